The number of fused-ring (bicyclic) bond motifs is 3. The van der Waals surface area contributed by atoms with Crippen LogP contribution in [-0.4, -0.2) is 104 Å². The van der Waals surface area contributed by atoms with Crippen molar-refractivity contribution in [1.82, 2.24) is 31.5 Å². The van der Waals surface area contributed by atoms with Gasteiger partial charge in [0.2, 0.25) is 29.5 Å². The summed E-state index contributed by atoms with van der Waals surface area (Å²) in [6.45, 7) is 1.85. The standard InChI is InChI=1S/C33H45N7O8/c34-11-16-47-17-13-36-32(45)26-9-12-35-28(41)7-8-30(43)40-14-10-24(21-40)31(44)39-27(19-25-6-3-15-48-25)33(46)37-20-23-5-2-1-4-22(23)18-29(42)38-26/h1-8,15,24,26-27,29,38,42H,9-14,16-21,34H2,(H,35,41)(H,36,45)(H,37,46)(H,39,44)/b8-7+/t24-,26+,27+,29?/m1/s1. The summed E-state index contributed by atoms with van der Waals surface area (Å²) in [6, 6.07) is 8.84. The molecule has 1 aromatic heterocycles. The van der Waals surface area contributed by atoms with Crippen LogP contribution < -0.4 is 32.3 Å². The fourth-order valence-electron chi connectivity index (χ4n) is 5.53. The number of aliphatic hydroxyl groups excluding tert-OH is 1. The van der Waals surface area contributed by atoms with E-state index in [2.05, 4.69) is 26.6 Å². The summed E-state index contributed by atoms with van der Waals surface area (Å²) < 4.78 is 10.8. The largest absolute Gasteiger partial charge is 0.469 e. The van der Waals surface area contributed by atoms with Gasteiger partial charge in [0.1, 0.15) is 18.0 Å². The second-order valence-electron chi connectivity index (χ2n) is 11.6. The first-order valence-corrected chi connectivity index (χ1v) is 16.1. The monoisotopic (exact) mass is 667 g/mol. The van der Waals surface area contributed by atoms with E-state index in [1.54, 1.807) is 12.1 Å². The van der Waals surface area contributed by atoms with Gasteiger partial charge >= 0.3 is 0 Å². The second-order valence-corrected chi connectivity index (χ2v) is 11.6. The average molecular weight is 668 g/mol. The van der Waals surface area contributed by atoms with Crippen LogP contribution in [0.15, 0.2) is 59.2 Å². The van der Waals surface area contributed by atoms with Gasteiger partial charge in [0.05, 0.1) is 31.4 Å². The number of carbonyl (C=O) groups excluding carboxylic acids is 5. The molecule has 15 nitrogen and oxygen atoms in total. The summed E-state index contributed by atoms with van der Waals surface area (Å²) in [7, 11) is 0. The van der Waals surface area contributed by atoms with E-state index in [1.807, 2.05) is 24.3 Å². The first-order chi connectivity index (χ1) is 23.2. The Morgan fingerprint density at radius 1 is 1.02 bits per heavy atom. The zero-order valence-electron chi connectivity index (χ0n) is 26.8. The molecule has 3 heterocycles. The number of nitrogens with zero attached hydrogens (tertiary/aromatic N) is 1. The molecule has 48 heavy (non-hydrogen) atoms. The highest BCUT2D eigenvalue weighted by Gasteiger charge is 2.33. The molecule has 0 radical (unpaired) electrons. The molecule has 2 aliphatic rings. The highest BCUT2D eigenvalue weighted by atomic mass is 16.5. The van der Waals surface area contributed by atoms with Crippen molar-refractivity contribution in [1.29, 1.82) is 0 Å². The third kappa shape index (κ3) is 11.3. The lowest BCUT2D eigenvalue weighted by molar-refractivity contribution is -0.131. The fraction of sp³-hybridized carbons (Fsp3) is 0.485. The molecule has 260 valence electrons. The van der Waals surface area contributed by atoms with E-state index in [0.717, 1.165) is 23.3 Å². The second kappa shape index (κ2) is 18.7. The van der Waals surface area contributed by atoms with Crippen molar-refractivity contribution in [3.05, 3.63) is 71.7 Å². The summed E-state index contributed by atoms with van der Waals surface area (Å²) in [5.74, 6) is -2.17. The SMILES string of the molecule is NCCOCCNC(=O)[C@@H]1CCNC(=O)/C=C/C(=O)N2CC[C@H](C2)C(=O)N[C@@H](Cc2ccco2)C(=O)NCc2ccccc2CC(O)N1. The van der Waals surface area contributed by atoms with E-state index in [0.29, 0.717) is 31.9 Å². The van der Waals surface area contributed by atoms with Crippen LogP contribution in [0.5, 0.6) is 0 Å². The van der Waals surface area contributed by atoms with Gasteiger partial charge < -0.3 is 46.2 Å². The number of furan rings is 1. The van der Waals surface area contributed by atoms with Crippen LogP contribution in [0.25, 0.3) is 0 Å². The van der Waals surface area contributed by atoms with E-state index >= 15 is 0 Å². The van der Waals surface area contributed by atoms with Crippen LogP contribution in [0.1, 0.15) is 29.7 Å². The summed E-state index contributed by atoms with van der Waals surface area (Å²) in [5.41, 5.74) is 6.90. The van der Waals surface area contributed by atoms with Gasteiger partial charge in [-0.3, -0.25) is 29.3 Å². The van der Waals surface area contributed by atoms with Gasteiger partial charge in [-0.25, -0.2) is 0 Å². The van der Waals surface area contributed by atoms with Crippen molar-refractivity contribution in [3.8, 4) is 0 Å². The minimum absolute atomic E-state index is 0.0760. The van der Waals surface area contributed by atoms with Gasteiger partial charge in [-0.05, 0) is 36.1 Å². The van der Waals surface area contributed by atoms with Crippen LogP contribution in [0.2, 0.25) is 0 Å². The van der Waals surface area contributed by atoms with Crippen molar-refractivity contribution in [2.24, 2.45) is 11.7 Å². The molecule has 4 rings (SSSR count). The number of nitrogens with one attached hydrogen (secondary N) is 5. The molecule has 1 unspecified atom stereocenters. The van der Waals surface area contributed by atoms with E-state index in [1.165, 1.54) is 11.2 Å². The van der Waals surface area contributed by atoms with Gasteiger partial charge in [0.15, 0.2) is 0 Å². The van der Waals surface area contributed by atoms with Crippen LogP contribution in [0.3, 0.4) is 0 Å². The zero-order valence-corrected chi connectivity index (χ0v) is 26.8. The van der Waals surface area contributed by atoms with Crippen molar-refractivity contribution in [2.45, 2.75) is 50.5 Å². The van der Waals surface area contributed by atoms with Crippen molar-refractivity contribution in [3.63, 3.8) is 0 Å². The third-order valence-electron chi connectivity index (χ3n) is 8.10. The molecule has 2 aliphatic heterocycles. The smallest absolute Gasteiger partial charge is 0.246 e. The topological polar surface area (TPSA) is 217 Å². The number of hydrogen-bond acceptors (Lipinski definition) is 10. The quantitative estimate of drug-likeness (QED) is 0.161. The van der Waals surface area contributed by atoms with E-state index in [9.17, 15) is 29.1 Å². The Balaban J connectivity index is 1.52. The number of rotatable bonds is 8. The molecule has 0 aliphatic carbocycles. The van der Waals surface area contributed by atoms with E-state index in [4.69, 9.17) is 14.9 Å². The van der Waals surface area contributed by atoms with E-state index < -0.39 is 47.9 Å². The van der Waals surface area contributed by atoms with Gasteiger partial charge in [-0.15, -0.1) is 0 Å². The number of nitrogens with two attached hydrogens (primary N) is 1. The minimum atomic E-state index is -1.16. The van der Waals surface area contributed by atoms with Crippen molar-refractivity contribution >= 4 is 29.5 Å². The maximum Gasteiger partial charge on any atom is 0.246 e. The molecule has 8 N–H and O–H groups in total. The summed E-state index contributed by atoms with van der Waals surface area (Å²) in [5, 5.41) is 25.1. The first kappa shape index (κ1) is 36.3. The molecule has 1 saturated heterocycles. The Bertz CT molecular complexity index is 1420. The molecule has 0 spiro atoms. The molecule has 1 fully saturated rings. The molecule has 15 heteroatoms. The van der Waals surface area contributed by atoms with Crippen molar-refractivity contribution < 1.29 is 38.2 Å². The zero-order chi connectivity index (χ0) is 34.3. The molecule has 1 aromatic carbocycles. The van der Waals surface area contributed by atoms with Gasteiger partial charge in [-0.1, -0.05) is 24.3 Å². The molecule has 5 amide bonds. The summed E-state index contributed by atoms with van der Waals surface area (Å²) in [6.07, 6.45) is 3.33. The number of amides is 5. The Morgan fingerprint density at radius 3 is 2.60 bits per heavy atom. The van der Waals surface area contributed by atoms with Crippen LogP contribution in [0.4, 0.5) is 0 Å². The Kier molecular flexibility index (Phi) is 14.1. The summed E-state index contributed by atoms with van der Waals surface area (Å²) in [4.78, 5) is 66.5. The Hall–Kier alpha value is -4.57. The number of hydrogen-bond donors (Lipinski definition) is 7. The van der Waals surface area contributed by atoms with Crippen molar-refractivity contribution in [2.75, 3.05) is 45.9 Å². The molecular formula is C33H45N7O8. The Labute approximate surface area is 279 Å². The summed E-state index contributed by atoms with van der Waals surface area (Å²) >= 11 is 0. The normalized spacial score (nSPS) is 23.9. The third-order valence-corrected chi connectivity index (χ3v) is 8.10. The maximum absolute atomic E-state index is 13.5. The van der Waals surface area contributed by atoms with E-state index in [-0.39, 0.29) is 58.0 Å². The highest BCUT2D eigenvalue weighted by molar-refractivity contribution is 5.97. The van der Waals surface area contributed by atoms with Gasteiger partial charge in [0.25, 0.3) is 0 Å². The molecule has 4 atom stereocenters. The number of aliphatic hydroxyl groups is 1. The van der Waals surface area contributed by atoms with Crippen LogP contribution in [-0.2, 0) is 48.1 Å². The predicted octanol–water partition coefficient (Wildman–Crippen LogP) is -1.54. The van der Waals surface area contributed by atoms with Gasteiger partial charge in [0, 0.05) is 64.3 Å². The average Bonchev–Trinajstić information content (AvgIpc) is 3.78. The first-order valence-electron chi connectivity index (χ1n) is 16.1. The molecular weight excluding hydrogens is 622 g/mol. The highest BCUT2D eigenvalue weighted by Crippen LogP contribution is 2.18. The lowest BCUT2D eigenvalue weighted by atomic mass is 10.0. The predicted molar refractivity (Wildman–Crippen MR) is 174 cm³/mol. The minimum Gasteiger partial charge on any atom is -0.469 e. The van der Waals surface area contributed by atoms with Crippen LogP contribution >= 0.6 is 0 Å². The lowest BCUT2D eigenvalue weighted by Crippen LogP contribution is -2.51. The van der Waals surface area contributed by atoms with Gasteiger partial charge in [-0.2, -0.15) is 0 Å². The van der Waals surface area contributed by atoms with Crippen LogP contribution in [0, 0.1) is 5.92 Å². The fourth-order valence-corrected chi connectivity index (χ4v) is 5.53. The number of ether oxygens (including phenoxy) is 1. The Morgan fingerprint density at radius 2 is 1.83 bits per heavy atom. The molecule has 2 aromatic rings. The lowest BCUT2D eigenvalue weighted by Gasteiger charge is -2.23. The molecule has 2 bridgehead atoms. The number of carbonyl (C=O) groups is 5. The maximum atomic E-state index is 13.5. The molecule has 0 saturated carbocycles. The number of benzene rings is 1.